The number of likely N-dealkylation sites (tertiary alicyclic amines) is 1. The van der Waals surface area contributed by atoms with E-state index in [9.17, 15) is 9.59 Å². The van der Waals surface area contributed by atoms with Crippen LogP contribution < -0.4 is 5.73 Å². The summed E-state index contributed by atoms with van der Waals surface area (Å²) in [7, 11) is 0. The van der Waals surface area contributed by atoms with Crippen LogP contribution in [0.5, 0.6) is 0 Å². The maximum absolute atomic E-state index is 13.9. The zero-order valence-electron chi connectivity index (χ0n) is 21.2. The fourth-order valence-corrected chi connectivity index (χ4v) is 7.20. The standard InChI is InChI=1S/C30H41N3O2/c1-20(31)22-10-12-24(13-11-22)30(35)33-17-15-26(23-6-3-2-4-7-23)29(33)28(34)19-21-9-14-27-25(18-21)8-5-16-32-27/h5,8-9,14,16,18,20,22-24,26,29H,2-4,6-7,10-13,15,17,19,31H2,1H3/t20?,22?,24?,26-,29+/m1/s1. The van der Waals surface area contributed by atoms with E-state index in [4.69, 9.17) is 5.73 Å². The molecule has 1 amide bonds. The van der Waals surface area contributed by atoms with Gasteiger partial charge in [0, 0.05) is 36.5 Å². The molecule has 35 heavy (non-hydrogen) atoms. The molecule has 1 unspecified atom stereocenters. The van der Waals surface area contributed by atoms with E-state index in [1.807, 2.05) is 29.2 Å². The third kappa shape index (κ3) is 5.30. The molecule has 188 valence electrons. The van der Waals surface area contributed by atoms with Crippen LogP contribution in [-0.4, -0.2) is 40.2 Å². The minimum absolute atomic E-state index is 0.0529. The Balaban J connectivity index is 1.35. The number of fused-ring (bicyclic) bond motifs is 1. The van der Waals surface area contributed by atoms with Crippen molar-refractivity contribution in [2.75, 3.05) is 6.54 Å². The number of carbonyl (C=O) groups is 2. The number of amides is 1. The molecule has 2 heterocycles. The highest BCUT2D eigenvalue weighted by atomic mass is 16.2. The Hall–Kier alpha value is -2.27. The molecule has 5 heteroatoms. The van der Waals surface area contributed by atoms with Gasteiger partial charge in [-0.05, 0) is 80.5 Å². The summed E-state index contributed by atoms with van der Waals surface area (Å²) in [6.07, 6.45) is 13.3. The van der Waals surface area contributed by atoms with Gasteiger partial charge in [-0.1, -0.05) is 44.2 Å². The van der Waals surface area contributed by atoms with Gasteiger partial charge in [0.15, 0.2) is 5.78 Å². The van der Waals surface area contributed by atoms with Crippen molar-refractivity contribution in [1.82, 2.24) is 9.88 Å². The van der Waals surface area contributed by atoms with Gasteiger partial charge in [-0.2, -0.15) is 0 Å². The lowest BCUT2D eigenvalue weighted by molar-refractivity contribution is -0.143. The molecule has 2 N–H and O–H groups in total. The van der Waals surface area contributed by atoms with Crippen LogP contribution >= 0.6 is 0 Å². The molecular formula is C30H41N3O2. The lowest BCUT2D eigenvalue weighted by Crippen LogP contribution is -2.48. The van der Waals surface area contributed by atoms with Crippen molar-refractivity contribution in [3.8, 4) is 0 Å². The molecule has 3 atom stereocenters. The summed E-state index contributed by atoms with van der Waals surface area (Å²) in [5.74, 6) is 1.91. The Morgan fingerprint density at radius 1 is 1.03 bits per heavy atom. The van der Waals surface area contributed by atoms with Gasteiger partial charge in [0.1, 0.15) is 0 Å². The van der Waals surface area contributed by atoms with E-state index < -0.39 is 0 Å². The molecule has 1 saturated heterocycles. The molecule has 0 spiro atoms. The van der Waals surface area contributed by atoms with Crippen LogP contribution in [-0.2, 0) is 16.0 Å². The van der Waals surface area contributed by atoms with Crippen molar-refractivity contribution in [3.05, 3.63) is 42.1 Å². The lowest BCUT2D eigenvalue weighted by atomic mass is 9.75. The van der Waals surface area contributed by atoms with E-state index in [0.717, 1.165) is 55.1 Å². The molecule has 1 aromatic heterocycles. The van der Waals surface area contributed by atoms with Gasteiger partial charge >= 0.3 is 0 Å². The predicted octanol–water partition coefficient (Wildman–Crippen LogP) is 5.30. The molecule has 0 radical (unpaired) electrons. The lowest BCUT2D eigenvalue weighted by Gasteiger charge is -2.36. The largest absolute Gasteiger partial charge is 0.332 e. The summed E-state index contributed by atoms with van der Waals surface area (Å²) in [5, 5.41) is 1.06. The van der Waals surface area contributed by atoms with Gasteiger partial charge in [-0.25, -0.2) is 0 Å². The third-order valence-electron chi connectivity index (χ3n) is 9.22. The Bertz CT molecular complexity index is 1040. The van der Waals surface area contributed by atoms with Crippen molar-refractivity contribution in [2.45, 2.75) is 89.6 Å². The third-order valence-corrected chi connectivity index (χ3v) is 9.22. The summed E-state index contributed by atoms with van der Waals surface area (Å²) in [6.45, 7) is 2.82. The Labute approximate surface area is 209 Å². The molecule has 2 aromatic rings. The summed E-state index contributed by atoms with van der Waals surface area (Å²) in [4.78, 5) is 34.1. The van der Waals surface area contributed by atoms with Crippen molar-refractivity contribution in [3.63, 3.8) is 0 Å². The fourth-order valence-electron chi connectivity index (χ4n) is 7.20. The van der Waals surface area contributed by atoms with Crippen LogP contribution in [0, 0.1) is 23.7 Å². The highest BCUT2D eigenvalue weighted by Crippen LogP contribution is 2.41. The van der Waals surface area contributed by atoms with Gasteiger partial charge in [0.2, 0.25) is 5.91 Å². The van der Waals surface area contributed by atoms with E-state index in [-0.39, 0.29) is 29.7 Å². The molecule has 3 fully saturated rings. The zero-order chi connectivity index (χ0) is 24.4. The van der Waals surface area contributed by atoms with Crippen LogP contribution in [0.2, 0.25) is 0 Å². The van der Waals surface area contributed by atoms with Gasteiger partial charge in [-0.3, -0.25) is 14.6 Å². The Morgan fingerprint density at radius 3 is 2.54 bits per heavy atom. The number of rotatable bonds is 6. The number of hydrogen-bond donors (Lipinski definition) is 1. The molecule has 5 nitrogen and oxygen atoms in total. The number of nitrogens with two attached hydrogens (primary N) is 1. The molecular weight excluding hydrogens is 434 g/mol. The molecule has 2 aliphatic carbocycles. The minimum Gasteiger partial charge on any atom is -0.332 e. The van der Waals surface area contributed by atoms with Crippen molar-refractivity contribution < 1.29 is 9.59 Å². The summed E-state index contributed by atoms with van der Waals surface area (Å²) < 4.78 is 0. The number of carbonyl (C=O) groups excluding carboxylic acids is 2. The summed E-state index contributed by atoms with van der Waals surface area (Å²) in [5.41, 5.74) is 8.11. The number of Topliss-reactive ketones (excluding diaryl/α,β-unsaturated/α-hetero) is 1. The summed E-state index contributed by atoms with van der Waals surface area (Å²) >= 11 is 0. The van der Waals surface area contributed by atoms with Gasteiger partial charge < -0.3 is 10.6 Å². The maximum atomic E-state index is 13.9. The zero-order valence-corrected chi connectivity index (χ0v) is 21.2. The second kappa shape index (κ2) is 10.8. The SMILES string of the molecule is CC(N)C1CCC(C(=O)N2CC[C@H](C3CCCCC3)[C@H]2C(=O)Cc2ccc3ncccc3c2)CC1. The second-order valence-corrected chi connectivity index (χ2v) is 11.5. The summed E-state index contributed by atoms with van der Waals surface area (Å²) in [6, 6.07) is 10.0. The minimum atomic E-state index is -0.263. The Kier molecular flexibility index (Phi) is 7.52. The van der Waals surface area contributed by atoms with Crippen LogP contribution in [0.4, 0.5) is 0 Å². The number of pyridine rings is 1. The average molecular weight is 476 g/mol. The fraction of sp³-hybridized carbons (Fsp3) is 0.633. The van der Waals surface area contributed by atoms with Crippen LogP contribution in [0.15, 0.2) is 36.5 Å². The number of aromatic nitrogens is 1. The molecule has 5 rings (SSSR count). The molecule has 2 saturated carbocycles. The van der Waals surface area contributed by atoms with Crippen LogP contribution in [0.1, 0.15) is 76.7 Å². The van der Waals surface area contributed by atoms with E-state index in [1.54, 1.807) is 6.20 Å². The van der Waals surface area contributed by atoms with Gasteiger partial charge in [0.05, 0.1) is 11.6 Å². The topological polar surface area (TPSA) is 76.3 Å². The monoisotopic (exact) mass is 475 g/mol. The van der Waals surface area contributed by atoms with Crippen LogP contribution in [0.3, 0.4) is 0 Å². The van der Waals surface area contributed by atoms with E-state index in [2.05, 4.69) is 18.0 Å². The number of nitrogens with zero attached hydrogens (tertiary/aromatic N) is 2. The number of ketones is 1. The van der Waals surface area contributed by atoms with Crippen molar-refractivity contribution in [2.24, 2.45) is 29.4 Å². The molecule has 1 aliphatic heterocycles. The molecule has 1 aromatic carbocycles. The van der Waals surface area contributed by atoms with E-state index in [1.165, 1.54) is 32.1 Å². The average Bonchev–Trinajstić information content (AvgIpc) is 3.34. The highest BCUT2D eigenvalue weighted by Gasteiger charge is 2.46. The normalized spacial score (nSPS) is 28.8. The molecule has 0 bridgehead atoms. The smallest absolute Gasteiger partial charge is 0.226 e. The first-order valence-corrected chi connectivity index (χ1v) is 13.9. The maximum Gasteiger partial charge on any atom is 0.226 e. The van der Waals surface area contributed by atoms with Crippen molar-refractivity contribution >= 4 is 22.6 Å². The molecule has 3 aliphatic rings. The van der Waals surface area contributed by atoms with Crippen molar-refractivity contribution in [1.29, 1.82) is 0 Å². The van der Waals surface area contributed by atoms with Gasteiger partial charge in [-0.15, -0.1) is 0 Å². The van der Waals surface area contributed by atoms with Crippen LogP contribution in [0.25, 0.3) is 10.9 Å². The van der Waals surface area contributed by atoms with E-state index in [0.29, 0.717) is 24.2 Å². The second-order valence-electron chi connectivity index (χ2n) is 11.5. The first kappa shape index (κ1) is 24.4. The first-order chi connectivity index (χ1) is 17.0. The first-order valence-electron chi connectivity index (χ1n) is 13.9. The number of hydrogen-bond acceptors (Lipinski definition) is 4. The quantitative estimate of drug-likeness (QED) is 0.615. The highest BCUT2D eigenvalue weighted by molar-refractivity contribution is 5.92. The van der Waals surface area contributed by atoms with Gasteiger partial charge in [0.25, 0.3) is 0 Å². The van der Waals surface area contributed by atoms with E-state index >= 15 is 0 Å². The number of benzene rings is 1. The predicted molar refractivity (Wildman–Crippen MR) is 140 cm³/mol. The Morgan fingerprint density at radius 2 is 1.80 bits per heavy atom.